The standard InChI is InChI=1S/C12H10FN5O2/c13-8-6-16-11(14)17-10(8)7-1-2-15-9(5-7)18-3-4-20-12(18)19/h1-2,5-6H,3-4H2,(H2,14,16,17). The van der Waals surface area contributed by atoms with Crippen LogP contribution >= 0.6 is 0 Å². The van der Waals surface area contributed by atoms with Gasteiger partial charge in [-0.1, -0.05) is 0 Å². The minimum Gasteiger partial charge on any atom is -0.447 e. The summed E-state index contributed by atoms with van der Waals surface area (Å²) in [6.45, 7) is 0.712. The number of rotatable bonds is 2. The molecule has 1 aliphatic rings. The largest absolute Gasteiger partial charge is 0.447 e. The molecule has 1 amide bonds. The van der Waals surface area contributed by atoms with E-state index in [9.17, 15) is 9.18 Å². The second-order valence-corrected chi connectivity index (χ2v) is 4.09. The van der Waals surface area contributed by atoms with Gasteiger partial charge in [0, 0.05) is 11.8 Å². The van der Waals surface area contributed by atoms with Gasteiger partial charge < -0.3 is 10.5 Å². The molecule has 102 valence electrons. The number of aromatic nitrogens is 3. The van der Waals surface area contributed by atoms with Crippen molar-refractivity contribution in [2.45, 2.75) is 0 Å². The van der Waals surface area contributed by atoms with E-state index in [1.54, 1.807) is 12.1 Å². The third-order valence-corrected chi connectivity index (χ3v) is 2.82. The Morgan fingerprint density at radius 1 is 1.40 bits per heavy atom. The van der Waals surface area contributed by atoms with Crippen LogP contribution in [0.15, 0.2) is 24.5 Å². The molecule has 8 heteroatoms. The Morgan fingerprint density at radius 3 is 3.00 bits per heavy atom. The normalized spacial score (nSPS) is 14.4. The van der Waals surface area contributed by atoms with Gasteiger partial charge in [-0.3, -0.25) is 4.90 Å². The lowest BCUT2D eigenvalue weighted by Crippen LogP contribution is -2.24. The molecule has 0 bridgehead atoms. The lowest BCUT2D eigenvalue weighted by atomic mass is 10.2. The van der Waals surface area contributed by atoms with Gasteiger partial charge in [-0.05, 0) is 12.1 Å². The van der Waals surface area contributed by atoms with Crippen molar-refractivity contribution in [1.29, 1.82) is 0 Å². The predicted molar refractivity (Wildman–Crippen MR) is 68.3 cm³/mol. The molecule has 2 aromatic rings. The van der Waals surface area contributed by atoms with Crippen molar-refractivity contribution in [2.75, 3.05) is 23.8 Å². The molecular formula is C12H10FN5O2. The van der Waals surface area contributed by atoms with E-state index in [0.29, 0.717) is 24.5 Å². The highest BCUT2D eigenvalue weighted by Gasteiger charge is 2.25. The monoisotopic (exact) mass is 275 g/mol. The van der Waals surface area contributed by atoms with Gasteiger partial charge in [0.15, 0.2) is 5.82 Å². The van der Waals surface area contributed by atoms with E-state index in [-0.39, 0.29) is 11.6 Å². The first-order valence-corrected chi connectivity index (χ1v) is 5.84. The number of hydrogen-bond donors (Lipinski definition) is 1. The summed E-state index contributed by atoms with van der Waals surface area (Å²) < 4.78 is 18.6. The van der Waals surface area contributed by atoms with Gasteiger partial charge in [0.25, 0.3) is 0 Å². The summed E-state index contributed by atoms with van der Waals surface area (Å²) in [6.07, 6.45) is 1.99. The first-order valence-electron chi connectivity index (χ1n) is 5.84. The van der Waals surface area contributed by atoms with Gasteiger partial charge in [-0.2, -0.15) is 0 Å². The van der Waals surface area contributed by atoms with Crippen molar-refractivity contribution >= 4 is 17.9 Å². The van der Waals surface area contributed by atoms with E-state index in [1.165, 1.54) is 11.1 Å². The minimum atomic E-state index is -0.597. The van der Waals surface area contributed by atoms with Crippen LogP contribution in [0.5, 0.6) is 0 Å². The zero-order valence-electron chi connectivity index (χ0n) is 10.3. The second kappa shape index (κ2) is 4.72. The molecule has 20 heavy (non-hydrogen) atoms. The van der Waals surface area contributed by atoms with Gasteiger partial charge >= 0.3 is 6.09 Å². The van der Waals surface area contributed by atoms with Crippen LogP contribution in [0, 0.1) is 5.82 Å². The molecule has 0 atom stereocenters. The first kappa shape index (κ1) is 12.3. The molecule has 0 spiro atoms. The lowest BCUT2D eigenvalue weighted by molar-refractivity contribution is 0.181. The molecule has 0 saturated carbocycles. The maximum atomic E-state index is 13.7. The summed E-state index contributed by atoms with van der Waals surface area (Å²) in [6, 6.07) is 3.13. The molecule has 1 aliphatic heterocycles. The molecule has 1 fully saturated rings. The highest BCUT2D eigenvalue weighted by Crippen LogP contribution is 2.25. The van der Waals surface area contributed by atoms with Gasteiger partial charge in [-0.15, -0.1) is 0 Å². The molecule has 7 nitrogen and oxygen atoms in total. The Morgan fingerprint density at radius 2 is 2.25 bits per heavy atom. The Bertz CT molecular complexity index is 679. The van der Waals surface area contributed by atoms with Crippen LogP contribution in [0.1, 0.15) is 0 Å². The van der Waals surface area contributed by atoms with Gasteiger partial charge in [-0.25, -0.2) is 24.1 Å². The number of amides is 1. The molecule has 0 radical (unpaired) electrons. The fraction of sp³-hybridized carbons (Fsp3) is 0.167. The molecule has 3 rings (SSSR count). The van der Waals surface area contributed by atoms with Crippen molar-refractivity contribution < 1.29 is 13.9 Å². The topological polar surface area (TPSA) is 94.2 Å². The summed E-state index contributed by atoms with van der Waals surface area (Å²) in [5.41, 5.74) is 5.98. The van der Waals surface area contributed by atoms with Crippen LogP contribution in [0.3, 0.4) is 0 Å². The van der Waals surface area contributed by atoms with Gasteiger partial charge in [0.05, 0.1) is 12.7 Å². The van der Waals surface area contributed by atoms with Gasteiger partial charge in [0.2, 0.25) is 5.95 Å². The van der Waals surface area contributed by atoms with E-state index in [4.69, 9.17) is 10.5 Å². The Balaban J connectivity index is 2.03. The van der Waals surface area contributed by atoms with Crippen molar-refractivity contribution in [3.05, 3.63) is 30.3 Å². The summed E-state index contributed by atoms with van der Waals surface area (Å²) in [5, 5.41) is 0. The zero-order chi connectivity index (χ0) is 14.1. The number of anilines is 2. The SMILES string of the molecule is Nc1ncc(F)c(-c2ccnc(N3CCOC3=O)c2)n1. The van der Waals surface area contributed by atoms with Crippen LogP contribution in [0.4, 0.5) is 21.0 Å². The Hall–Kier alpha value is -2.77. The molecule has 0 aromatic carbocycles. The smallest absolute Gasteiger partial charge is 0.415 e. The number of pyridine rings is 1. The number of carbonyl (C=O) groups is 1. The fourth-order valence-corrected chi connectivity index (χ4v) is 1.90. The minimum absolute atomic E-state index is 0.0275. The maximum Gasteiger partial charge on any atom is 0.415 e. The fourth-order valence-electron chi connectivity index (χ4n) is 1.90. The summed E-state index contributed by atoms with van der Waals surface area (Å²) in [5.74, 6) is -0.248. The molecule has 2 N–H and O–H groups in total. The highest BCUT2D eigenvalue weighted by atomic mass is 19.1. The second-order valence-electron chi connectivity index (χ2n) is 4.09. The molecule has 2 aromatic heterocycles. The third-order valence-electron chi connectivity index (χ3n) is 2.82. The number of cyclic esters (lactones) is 1. The average Bonchev–Trinajstić information content (AvgIpc) is 2.88. The van der Waals surface area contributed by atoms with Crippen molar-refractivity contribution in [2.24, 2.45) is 0 Å². The van der Waals surface area contributed by atoms with E-state index in [1.807, 2.05) is 0 Å². The van der Waals surface area contributed by atoms with Gasteiger partial charge in [0.1, 0.15) is 18.1 Å². The number of nitrogen functional groups attached to an aromatic ring is 1. The number of ether oxygens (including phenoxy) is 1. The Labute approximate surface area is 113 Å². The number of halogens is 1. The van der Waals surface area contributed by atoms with Crippen LogP contribution in [-0.4, -0.2) is 34.2 Å². The maximum absolute atomic E-state index is 13.7. The van der Waals surface area contributed by atoms with Crippen LogP contribution in [0.2, 0.25) is 0 Å². The molecule has 1 saturated heterocycles. The number of nitrogens with zero attached hydrogens (tertiary/aromatic N) is 4. The van der Waals surface area contributed by atoms with Crippen LogP contribution < -0.4 is 10.6 Å². The Kier molecular flexibility index (Phi) is 2.90. The molecule has 0 unspecified atom stereocenters. The summed E-state index contributed by atoms with van der Waals surface area (Å²) in [4.78, 5) is 24.4. The van der Waals surface area contributed by atoms with E-state index in [0.717, 1.165) is 6.20 Å². The third kappa shape index (κ3) is 2.11. The van der Waals surface area contributed by atoms with E-state index < -0.39 is 11.9 Å². The van der Waals surface area contributed by atoms with Crippen molar-refractivity contribution in [3.8, 4) is 11.3 Å². The lowest BCUT2D eigenvalue weighted by Gasteiger charge is -2.12. The van der Waals surface area contributed by atoms with E-state index in [2.05, 4.69) is 15.0 Å². The first-order chi connectivity index (χ1) is 9.65. The molecule has 3 heterocycles. The van der Waals surface area contributed by atoms with Crippen molar-refractivity contribution in [1.82, 2.24) is 15.0 Å². The predicted octanol–water partition coefficient (Wildman–Crippen LogP) is 1.22. The van der Waals surface area contributed by atoms with Crippen LogP contribution in [0.25, 0.3) is 11.3 Å². The quantitative estimate of drug-likeness (QED) is 0.885. The highest BCUT2D eigenvalue weighted by molar-refractivity contribution is 5.88. The van der Waals surface area contributed by atoms with Crippen LogP contribution in [-0.2, 0) is 4.74 Å². The number of hydrogen-bond acceptors (Lipinski definition) is 6. The summed E-state index contributed by atoms with van der Waals surface area (Å²) >= 11 is 0. The zero-order valence-corrected chi connectivity index (χ0v) is 10.3. The van der Waals surface area contributed by atoms with E-state index >= 15 is 0 Å². The summed E-state index contributed by atoms with van der Waals surface area (Å²) in [7, 11) is 0. The van der Waals surface area contributed by atoms with Crippen molar-refractivity contribution in [3.63, 3.8) is 0 Å². The molecule has 0 aliphatic carbocycles. The number of carbonyl (C=O) groups excluding carboxylic acids is 1. The average molecular weight is 275 g/mol. The number of nitrogens with two attached hydrogens (primary N) is 1. The molecular weight excluding hydrogens is 265 g/mol.